The van der Waals surface area contributed by atoms with Crippen molar-refractivity contribution in [2.75, 3.05) is 5.75 Å². The Hall–Kier alpha value is -3.38. The van der Waals surface area contributed by atoms with Gasteiger partial charge in [-0.05, 0) is 18.9 Å². The molecule has 3 amide bonds. The number of carbonyl (C=O) groups is 4. The molecular weight excluding hydrogens is 448 g/mol. The van der Waals surface area contributed by atoms with E-state index in [2.05, 4.69) is 38.5 Å². The second-order valence-corrected chi connectivity index (χ2v) is 7.82. The van der Waals surface area contributed by atoms with Crippen molar-refractivity contribution < 1.29 is 24.3 Å². The van der Waals surface area contributed by atoms with Gasteiger partial charge in [-0.1, -0.05) is 30.3 Å². The predicted molar refractivity (Wildman–Crippen MR) is 123 cm³/mol. The fourth-order valence-corrected chi connectivity index (χ4v) is 3.16. The van der Waals surface area contributed by atoms with Gasteiger partial charge in [-0.2, -0.15) is 12.6 Å². The van der Waals surface area contributed by atoms with Crippen molar-refractivity contribution in [1.29, 1.82) is 0 Å². The average molecular weight is 477 g/mol. The molecule has 0 fully saturated rings. The zero-order valence-electron chi connectivity index (χ0n) is 18.0. The molecule has 33 heavy (non-hydrogen) atoms. The third-order valence-electron chi connectivity index (χ3n) is 4.79. The number of thiol groups is 1. The molecule has 0 saturated heterocycles. The zero-order chi connectivity index (χ0) is 24.4. The maximum atomic E-state index is 12.8. The summed E-state index contributed by atoms with van der Waals surface area (Å²) in [5.41, 5.74) is 7.40. The number of carboxylic acids is 1. The normalized spacial score (nSPS) is 14.4. The Kier molecular flexibility index (Phi) is 9.88. The van der Waals surface area contributed by atoms with E-state index in [1.807, 2.05) is 30.3 Å². The first kappa shape index (κ1) is 25.9. The number of benzene rings is 1. The molecule has 11 nitrogen and oxygen atoms in total. The van der Waals surface area contributed by atoms with Crippen molar-refractivity contribution in [2.45, 2.75) is 43.9 Å². The molecule has 0 bridgehead atoms. The van der Waals surface area contributed by atoms with Gasteiger partial charge in [-0.3, -0.25) is 19.2 Å². The molecule has 7 N–H and O–H groups in total. The van der Waals surface area contributed by atoms with E-state index in [1.165, 1.54) is 19.4 Å². The van der Waals surface area contributed by atoms with E-state index in [4.69, 9.17) is 10.8 Å². The molecule has 12 heteroatoms. The van der Waals surface area contributed by atoms with Crippen molar-refractivity contribution in [1.82, 2.24) is 25.9 Å². The molecule has 2 aromatic rings. The highest BCUT2D eigenvalue weighted by Crippen LogP contribution is 2.04. The average Bonchev–Trinajstić information content (AvgIpc) is 3.30. The van der Waals surface area contributed by atoms with Crippen molar-refractivity contribution in [3.05, 3.63) is 54.1 Å². The van der Waals surface area contributed by atoms with Gasteiger partial charge in [0.2, 0.25) is 17.7 Å². The van der Waals surface area contributed by atoms with E-state index in [0.29, 0.717) is 5.69 Å². The van der Waals surface area contributed by atoms with Crippen LogP contribution in [0.2, 0.25) is 0 Å². The summed E-state index contributed by atoms with van der Waals surface area (Å²) in [5, 5.41) is 16.5. The zero-order valence-corrected chi connectivity index (χ0v) is 18.9. The van der Waals surface area contributed by atoms with E-state index in [0.717, 1.165) is 5.56 Å². The summed E-state index contributed by atoms with van der Waals surface area (Å²) >= 11 is 4.13. The smallest absolute Gasteiger partial charge is 0.325 e. The monoisotopic (exact) mass is 476 g/mol. The Balaban J connectivity index is 2.03. The van der Waals surface area contributed by atoms with Crippen LogP contribution in [0.1, 0.15) is 18.2 Å². The number of amides is 3. The Labute approximate surface area is 196 Å². The highest BCUT2D eigenvalue weighted by molar-refractivity contribution is 7.80. The van der Waals surface area contributed by atoms with E-state index in [-0.39, 0.29) is 18.6 Å². The van der Waals surface area contributed by atoms with Crippen LogP contribution in [0, 0.1) is 0 Å². The maximum Gasteiger partial charge on any atom is 0.325 e. The van der Waals surface area contributed by atoms with Crippen LogP contribution in [-0.2, 0) is 32.0 Å². The number of hydrogen-bond acceptors (Lipinski definition) is 7. The quantitative estimate of drug-likeness (QED) is 0.192. The Morgan fingerprint density at radius 2 is 1.67 bits per heavy atom. The molecule has 0 radical (unpaired) electrons. The van der Waals surface area contributed by atoms with Crippen LogP contribution in [0.5, 0.6) is 0 Å². The van der Waals surface area contributed by atoms with E-state index in [9.17, 15) is 19.2 Å². The third kappa shape index (κ3) is 8.24. The van der Waals surface area contributed by atoms with Crippen LogP contribution in [0.25, 0.3) is 0 Å². The lowest BCUT2D eigenvalue weighted by Gasteiger charge is -2.23. The minimum absolute atomic E-state index is 0.0324. The summed E-state index contributed by atoms with van der Waals surface area (Å²) < 4.78 is 0. The van der Waals surface area contributed by atoms with Crippen molar-refractivity contribution in [3.8, 4) is 0 Å². The SMILES string of the molecule is CC(NC(=O)C(Cc1cnc[nH]1)NC(=O)C(CS)NC(=O)C(N)Cc1ccccc1)C(=O)O. The van der Waals surface area contributed by atoms with Gasteiger partial charge in [-0.25, -0.2) is 4.98 Å². The number of imidazole rings is 1. The highest BCUT2D eigenvalue weighted by Gasteiger charge is 2.29. The van der Waals surface area contributed by atoms with E-state index in [1.54, 1.807) is 0 Å². The number of nitrogens with one attached hydrogen (secondary N) is 4. The first-order valence-corrected chi connectivity index (χ1v) is 10.9. The molecule has 0 aliphatic heterocycles. The summed E-state index contributed by atoms with van der Waals surface area (Å²) in [4.78, 5) is 55.7. The van der Waals surface area contributed by atoms with Crippen LogP contribution in [-0.4, -0.2) is 68.7 Å². The van der Waals surface area contributed by atoms with Gasteiger partial charge < -0.3 is 31.8 Å². The maximum absolute atomic E-state index is 12.8. The summed E-state index contributed by atoms with van der Waals surface area (Å²) in [5.74, 6) is -3.16. The van der Waals surface area contributed by atoms with Gasteiger partial charge in [0.25, 0.3) is 0 Å². The molecular formula is C21H28N6O5S. The first-order valence-electron chi connectivity index (χ1n) is 10.2. The summed E-state index contributed by atoms with van der Waals surface area (Å²) in [6.45, 7) is 1.31. The van der Waals surface area contributed by atoms with Crippen molar-refractivity contribution >= 4 is 36.3 Å². The van der Waals surface area contributed by atoms with Crippen LogP contribution in [0.3, 0.4) is 0 Å². The first-order chi connectivity index (χ1) is 15.7. The molecule has 4 unspecified atom stereocenters. The molecule has 2 rings (SSSR count). The summed E-state index contributed by atoms with van der Waals surface area (Å²) in [6, 6.07) is 4.98. The number of H-pyrrole nitrogens is 1. The molecule has 1 aromatic carbocycles. The molecule has 1 aromatic heterocycles. The number of aromatic nitrogens is 2. The summed E-state index contributed by atoms with van der Waals surface area (Å²) in [7, 11) is 0. The van der Waals surface area contributed by atoms with E-state index >= 15 is 0 Å². The van der Waals surface area contributed by atoms with Crippen LogP contribution < -0.4 is 21.7 Å². The number of nitrogens with zero attached hydrogens (tertiary/aromatic N) is 1. The number of rotatable bonds is 12. The lowest BCUT2D eigenvalue weighted by Crippen LogP contribution is -2.58. The molecule has 0 saturated carbocycles. The topological polar surface area (TPSA) is 179 Å². The van der Waals surface area contributed by atoms with Crippen LogP contribution >= 0.6 is 12.6 Å². The number of carboxylic acid groups (broad SMARTS) is 1. The number of carbonyl (C=O) groups excluding carboxylic acids is 3. The fraction of sp³-hybridized carbons (Fsp3) is 0.381. The largest absolute Gasteiger partial charge is 0.480 e. The van der Waals surface area contributed by atoms with Crippen LogP contribution in [0.15, 0.2) is 42.9 Å². The number of hydrogen-bond donors (Lipinski definition) is 7. The minimum atomic E-state index is -1.22. The van der Waals surface area contributed by atoms with Gasteiger partial charge >= 0.3 is 5.97 Å². The second-order valence-electron chi connectivity index (χ2n) is 7.45. The Morgan fingerprint density at radius 1 is 1.03 bits per heavy atom. The van der Waals surface area contributed by atoms with Gasteiger partial charge in [0.05, 0.1) is 12.4 Å². The third-order valence-corrected chi connectivity index (χ3v) is 5.16. The molecule has 4 atom stereocenters. The highest BCUT2D eigenvalue weighted by atomic mass is 32.1. The fourth-order valence-electron chi connectivity index (χ4n) is 2.91. The second kappa shape index (κ2) is 12.6. The predicted octanol–water partition coefficient (Wildman–Crippen LogP) is -0.989. The van der Waals surface area contributed by atoms with Crippen molar-refractivity contribution in [2.24, 2.45) is 5.73 Å². The molecule has 0 aliphatic carbocycles. The summed E-state index contributed by atoms with van der Waals surface area (Å²) in [6.07, 6.45) is 3.21. The van der Waals surface area contributed by atoms with Crippen LogP contribution in [0.4, 0.5) is 0 Å². The van der Waals surface area contributed by atoms with Gasteiger partial charge in [-0.15, -0.1) is 0 Å². The molecule has 1 heterocycles. The Morgan fingerprint density at radius 3 is 2.24 bits per heavy atom. The standard InChI is InChI=1S/C21H28N6O5S/c1-12(21(31)32)25-19(29)16(8-14-9-23-11-24-14)26-20(30)17(10-33)27-18(28)15(22)7-13-5-3-2-4-6-13/h2-6,9,11-12,15-17,33H,7-8,10,22H2,1H3,(H,23,24)(H,25,29)(H,26,30)(H,27,28)(H,31,32). The number of aliphatic carboxylic acids is 1. The molecule has 178 valence electrons. The van der Waals surface area contributed by atoms with Gasteiger partial charge in [0, 0.05) is 24.1 Å². The number of nitrogens with two attached hydrogens (primary N) is 1. The minimum Gasteiger partial charge on any atom is -0.480 e. The number of aromatic amines is 1. The molecule has 0 spiro atoms. The van der Waals surface area contributed by atoms with Gasteiger partial charge in [0.15, 0.2) is 0 Å². The van der Waals surface area contributed by atoms with E-state index < -0.39 is 47.9 Å². The lowest BCUT2D eigenvalue weighted by atomic mass is 10.1. The molecule has 0 aliphatic rings. The van der Waals surface area contributed by atoms with Crippen molar-refractivity contribution in [3.63, 3.8) is 0 Å². The lowest BCUT2D eigenvalue weighted by molar-refractivity contribution is -0.141. The van der Waals surface area contributed by atoms with Gasteiger partial charge in [0.1, 0.15) is 18.1 Å². The Bertz CT molecular complexity index is 940.